The molecule has 2 aromatic carbocycles. The highest BCUT2D eigenvalue weighted by atomic mass is 16.1. The van der Waals surface area contributed by atoms with Crippen LogP contribution in [0.1, 0.15) is 61.0 Å². The SMILES string of the molecule is CCCCN(CCCC)c1ccc(C(=O)C=Cc2ccc(CN3CCN(C)CC3)cc2)cc1. The number of piperazine rings is 1. The number of carbonyl (C=O) groups is 1. The van der Waals surface area contributed by atoms with Gasteiger partial charge in [0.05, 0.1) is 0 Å². The first kappa shape index (κ1) is 25.2. The fourth-order valence-corrected chi connectivity index (χ4v) is 4.17. The van der Waals surface area contributed by atoms with Crippen LogP contribution in [0.3, 0.4) is 0 Å². The standard InChI is InChI=1S/C29H41N3O/c1-4-6-18-32(19-7-5-2)28-15-13-27(14-16-28)29(33)17-12-25-8-10-26(11-9-25)24-31-22-20-30(3)21-23-31/h8-17H,4-7,18-24H2,1-3H3. The van der Waals surface area contributed by atoms with Gasteiger partial charge < -0.3 is 9.80 Å². The van der Waals surface area contributed by atoms with Crippen LogP contribution in [0.15, 0.2) is 54.6 Å². The summed E-state index contributed by atoms with van der Waals surface area (Å²) in [5.74, 6) is 0.0525. The summed E-state index contributed by atoms with van der Waals surface area (Å²) in [6, 6.07) is 16.7. The van der Waals surface area contributed by atoms with Gasteiger partial charge in [0.25, 0.3) is 0 Å². The van der Waals surface area contributed by atoms with E-state index in [4.69, 9.17) is 0 Å². The topological polar surface area (TPSA) is 26.8 Å². The van der Waals surface area contributed by atoms with E-state index in [1.165, 1.54) is 36.9 Å². The summed E-state index contributed by atoms with van der Waals surface area (Å²) in [6.45, 7) is 12.1. The van der Waals surface area contributed by atoms with Crippen molar-refractivity contribution in [2.45, 2.75) is 46.1 Å². The van der Waals surface area contributed by atoms with Gasteiger partial charge in [-0.2, -0.15) is 0 Å². The number of rotatable bonds is 12. The monoisotopic (exact) mass is 447 g/mol. The quantitative estimate of drug-likeness (QED) is 0.306. The van der Waals surface area contributed by atoms with Crippen molar-refractivity contribution in [1.29, 1.82) is 0 Å². The number of hydrogen-bond donors (Lipinski definition) is 0. The van der Waals surface area contributed by atoms with Crippen LogP contribution in [0, 0.1) is 0 Å². The molecule has 0 aromatic heterocycles. The summed E-state index contributed by atoms with van der Waals surface area (Å²) >= 11 is 0. The zero-order valence-corrected chi connectivity index (χ0v) is 20.8. The Labute approximate surface area is 200 Å². The summed E-state index contributed by atoms with van der Waals surface area (Å²) in [6.07, 6.45) is 8.39. The van der Waals surface area contributed by atoms with Crippen LogP contribution in [0.5, 0.6) is 0 Å². The van der Waals surface area contributed by atoms with Crippen LogP contribution in [0.25, 0.3) is 6.08 Å². The van der Waals surface area contributed by atoms with Crippen LogP contribution >= 0.6 is 0 Å². The molecule has 1 heterocycles. The normalized spacial score (nSPS) is 15.2. The molecular weight excluding hydrogens is 406 g/mol. The van der Waals surface area contributed by atoms with E-state index >= 15 is 0 Å². The Bertz CT molecular complexity index is 857. The molecule has 3 rings (SSSR count). The van der Waals surface area contributed by atoms with Crippen molar-refractivity contribution in [2.75, 3.05) is 51.2 Å². The molecule has 0 amide bonds. The molecule has 178 valence electrons. The second-order valence-corrected chi connectivity index (χ2v) is 9.26. The van der Waals surface area contributed by atoms with E-state index in [2.05, 4.69) is 72.0 Å². The van der Waals surface area contributed by atoms with Crippen molar-refractivity contribution >= 4 is 17.5 Å². The third kappa shape index (κ3) is 8.13. The molecule has 4 heteroatoms. The lowest BCUT2D eigenvalue weighted by molar-refractivity contribution is 0.104. The van der Waals surface area contributed by atoms with E-state index in [9.17, 15) is 4.79 Å². The third-order valence-corrected chi connectivity index (χ3v) is 6.49. The lowest BCUT2D eigenvalue weighted by Crippen LogP contribution is -2.43. The second-order valence-electron chi connectivity index (χ2n) is 9.26. The molecule has 1 saturated heterocycles. The molecule has 0 aliphatic carbocycles. The zero-order chi connectivity index (χ0) is 23.5. The smallest absolute Gasteiger partial charge is 0.185 e. The molecule has 0 atom stereocenters. The third-order valence-electron chi connectivity index (χ3n) is 6.49. The maximum Gasteiger partial charge on any atom is 0.185 e. The molecule has 2 aromatic rings. The number of ketones is 1. The van der Waals surface area contributed by atoms with Gasteiger partial charge in [0.2, 0.25) is 0 Å². The van der Waals surface area contributed by atoms with E-state index in [0.717, 1.165) is 56.9 Å². The Balaban J connectivity index is 1.55. The highest BCUT2D eigenvalue weighted by Crippen LogP contribution is 2.18. The Morgan fingerprint density at radius 2 is 1.48 bits per heavy atom. The van der Waals surface area contributed by atoms with Gasteiger partial charge in [-0.25, -0.2) is 0 Å². The minimum atomic E-state index is 0.0525. The molecule has 1 fully saturated rings. The van der Waals surface area contributed by atoms with Crippen molar-refractivity contribution in [1.82, 2.24) is 9.80 Å². The Kier molecular flexibility index (Phi) is 10.2. The van der Waals surface area contributed by atoms with Gasteiger partial charge in [-0.15, -0.1) is 0 Å². The molecule has 0 N–H and O–H groups in total. The number of carbonyl (C=O) groups excluding carboxylic acids is 1. The minimum Gasteiger partial charge on any atom is -0.372 e. The molecule has 4 nitrogen and oxygen atoms in total. The van der Waals surface area contributed by atoms with E-state index in [0.29, 0.717) is 0 Å². The molecular formula is C29H41N3O. The Morgan fingerprint density at radius 3 is 2.06 bits per heavy atom. The first-order chi connectivity index (χ1) is 16.1. The molecule has 0 unspecified atom stereocenters. The van der Waals surface area contributed by atoms with Crippen molar-refractivity contribution in [3.63, 3.8) is 0 Å². The Morgan fingerprint density at radius 1 is 0.879 bits per heavy atom. The highest BCUT2D eigenvalue weighted by Gasteiger charge is 2.13. The number of benzene rings is 2. The molecule has 0 bridgehead atoms. The molecule has 0 radical (unpaired) electrons. The van der Waals surface area contributed by atoms with Gasteiger partial charge in [0, 0.05) is 57.1 Å². The van der Waals surface area contributed by atoms with Gasteiger partial charge in [-0.05, 0) is 61.4 Å². The summed E-state index contributed by atoms with van der Waals surface area (Å²) in [4.78, 5) is 20.0. The highest BCUT2D eigenvalue weighted by molar-refractivity contribution is 6.06. The van der Waals surface area contributed by atoms with Crippen LogP contribution in [0.4, 0.5) is 5.69 Å². The van der Waals surface area contributed by atoms with Crippen molar-refractivity contribution in [2.24, 2.45) is 0 Å². The first-order valence-corrected chi connectivity index (χ1v) is 12.7. The van der Waals surface area contributed by atoms with Gasteiger partial charge in [0.1, 0.15) is 0 Å². The fraction of sp³-hybridized carbons (Fsp3) is 0.483. The number of anilines is 1. The predicted octanol–water partition coefficient (Wildman–Crippen LogP) is 5.74. The second kappa shape index (κ2) is 13.3. The molecule has 33 heavy (non-hydrogen) atoms. The lowest BCUT2D eigenvalue weighted by Gasteiger charge is -2.32. The maximum atomic E-state index is 12.7. The number of likely N-dealkylation sites (N-methyl/N-ethyl adjacent to an activating group) is 1. The van der Waals surface area contributed by atoms with Gasteiger partial charge in [-0.1, -0.05) is 57.0 Å². The summed E-state index contributed by atoms with van der Waals surface area (Å²) < 4.78 is 0. The molecule has 1 aliphatic rings. The number of nitrogens with zero attached hydrogens (tertiary/aromatic N) is 3. The predicted molar refractivity (Wildman–Crippen MR) is 141 cm³/mol. The van der Waals surface area contributed by atoms with Crippen LogP contribution < -0.4 is 4.90 Å². The summed E-state index contributed by atoms with van der Waals surface area (Å²) in [5.41, 5.74) is 4.35. The maximum absolute atomic E-state index is 12.7. The van der Waals surface area contributed by atoms with Gasteiger partial charge in [0.15, 0.2) is 5.78 Å². The van der Waals surface area contributed by atoms with Gasteiger partial charge >= 0.3 is 0 Å². The molecule has 0 spiro atoms. The summed E-state index contributed by atoms with van der Waals surface area (Å²) in [5, 5.41) is 0. The van der Waals surface area contributed by atoms with Crippen molar-refractivity contribution < 1.29 is 4.79 Å². The Hall–Kier alpha value is -2.43. The number of allylic oxidation sites excluding steroid dienone is 1. The molecule has 0 saturated carbocycles. The average Bonchev–Trinajstić information content (AvgIpc) is 2.85. The van der Waals surface area contributed by atoms with Gasteiger partial charge in [-0.3, -0.25) is 9.69 Å². The van der Waals surface area contributed by atoms with Crippen molar-refractivity contribution in [3.8, 4) is 0 Å². The zero-order valence-electron chi connectivity index (χ0n) is 20.8. The number of unbranched alkanes of at least 4 members (excludes halogenated alkanes) is 2. The fourth-order valence-electron chi connectivity index (χ4n) is 4.17. The van der Waals surface area contributed by atoms with Crippen molar-refractivity contribution in [3.05, 3.63) is 71.3 Å². The van der Waals surface area contributed by atoms with E-state index in [-0.39, 0.29) is 5.78 Å². The minimum absolute atomic E-state index is 0.0525. The number of hydrogen-bond acceptors (Lipinski definition) is 4. The van der Waals surface area contributed by atoms with E-state index in [1.807, 2.05) is 18.2 Å². The largest absolute Gasteiger partial charge is 0.372 e. The van der Waals surface area contributed by atoms with Crippen LogP contribution in [-0.2, 0) is 6.54 Å². The first-order valence-electron chi connectivity index (χ1n) is 12.7. The van der Waals surface area contributed by atoms with Crippen LogP contribution in [0.2, 0.25) is 0 Å². The van der Waals surface area contributed by atoms with Crippen LogP contribution in [-0.4, -0.2) is 61.9 Å². The van der Waals surface area contributed by atoms with E-state index < -0.39 is 0 Å². The van der Waals surface area contributed by atoms with E-state index in [1.54, 1.807) is 6.08 Å². The lowest BCUT2D eigenvalue weighted by atomic mass is 10.1. The summed E-state index contributed by atoms with van der Waals surface area (Å²) in [7, 11) is 2.18. The average molecular weight is 448 g/mol. The molecule has 1 aliphatic heterocycles.